The van der Waals surface area contributed by atoms with Crippen LogP contribution in [0.15, 0.2) is 49.6 Å². The number of ether oxygens (including phenoxy) is 2. The second-order valence-corrected chi connectivity index (χ2v) is 6.87. The molecule has 0 saturated heterocycles. The fraction of sp³-hybridized carbons (Fsp3) is 0.381. The maximum atomic E-state index is 13.9. The number of aliphatic hydroxyl groups is 1. The molecular weight excluding hydrogens is 367 g/mol. The van der Waals surface area contributed by atoms with Crippen LogP contribution < -0.4 is 0 Å². The van der Waals surface area contributed by atoms with E-state index in [1.807, 2.05) is 0 Å². The van der Waals surface area contributed by atoms with Gasteiger partial charge in [-0.1, -0.05) is 37.4 Å². The predicted octanol–water partition coefficient (Wildman–Crippen LogP) is 2.32. The predicted molar refractivity (Wildman–Crippen MR) is 98.7 cm³/mol. The number of carbonyl (C=O) groups is 3. The summed E-state index contributed by atoms with van der Waals surface area (Å²) in [4.78, 5) is 38.0. The molecular formula is C21H23FO6. The maximum absolute atomic E-state index is 13.9. The Morgan fingerprint density at radius 1 is 1.25 bits per heavy atom. The van der Waals surface area contributed by atoms with Gasteiger partial charge in [-0.15, -0.1) is 0 Å². The summed E-state index contributed by atoms with van der Waals surface area (Å²) in [5, 5.41) is 10.8. The second-order valence-electron chi connectivity index (χ2n) is 6.87. The molecule has 1 aromatic rings. The van der Waals surface area contributed by atoms with Crippen LogP contribution in [0.4, 0.5) is 4.39 Å². The van der Waals surface area contributed by atoms with E-state index in [2.05, 4.69) is 13.2 Å². The molecule has 150 valence electrons. The van der Waals surface area contributed by atoms with Gasteiger partial charge in [0.15, 0.2) is 5.78 Å². The number of hydrogen-bond acceptors (Lipinski definition) is 6. The van der Waals surface area contributed by atoms with Crippen molar-refractivity contribution in [1.29, 1.82) is 0 Å². The van der Waals surface area contributed by atoms with Gasteiger partial charge in [-0.05, 0) is 24.6 Å². The minimum absolute atomic E-state index is 0.110. The number of esters is 2. The summed E-state index contributed by atoms with van der Waals surface area (Å²) in [6.07, 6.45) is 2.25. The molecule has 2 rings (SSSR count). The lowest BCUT2D eigenvalue weighted by atomic mass is 9.61. The highest BCUT2D eigenvalue weighted by atomic mass is 19.1. The average Bonchev–Trinajstić information content (AvgIpc) is 2.62. The Balaban J connectivity index is 2.58. The van der Waals surface area contributed by atoms with Crippen molar-refractivity contribution in [2.45, 2.75) is 24.9 Å². The Kier molecular flexibility index (Phi) is 6.85. The summed E-state index contributed by atoms with van der Waals surface area (Å²) in [5.41, 5.74) is -1.57. The van der Waals surface area contributed by atoms with Crippen molar-refractivity contribution in [3.63, 3.8) is 0 Å². The quantitative estimate of drug-likeness (QED) is 0.437. The number of benzene rings is 1. The normalized spacial score (nSPS) is 27.0. The van der Waals surface area contributed by atoms with Gasteiger partial charge in [-0.2, -0.15) is 0 Å². The van der Waals surface area contributed by atoms with Gasteiger partial charge in [0.2, 0.25) is 0 Å². The van der Waals surface area contributed by atoms with Crippen molar-refractivity contribution in [3.05, 3.63) is 61.0 Å². The van der Waals surface area contributed by atoms with Gasteiger partial charge in [0, 0.05) is 12.3 Å². The minimum Gasteiger partial charge on any atom is -0.461 e. The van der Waals surface area contributed by atoms with Crippen molar-refractivity contribution >= 4 is 17.7 Å². The Morgan fingerprint density at radius 2 is 1.86 bits per heavy atom. The lowest BCUT2D eigenvalue weighted by molar-refractivity contribution is -0.172. The van der Waals surface area contributed by atoms with E-state index in [9.17, 15) is 23.9 Å². The third-order valence-electron chi connectivity index (χ3n) is 4.70. The van der Waals surface area contributed by atoms with Gasteiger partial charge in [-0.3, -0.25) is 14.4 Å². The van der Waals surface area contributed by atoms with Crippen LogP contribution in [0.3, 0.4) is 0 Å². The molecule has 0 radical (unpaired) electrons. The van der Waals surface area contributed by atoms with E-state index >= 15 is 0 Å². The number of ketones is 1. The molecule has 1 aliphatic rings. The van der Waals surface area contributed by atoms with E-state index in [-0.39, 0.29) is 18.8 Å². The van der Waals surface area contributed by atoms with Crippen LogP contribution in [0.25, 0.3) is 0 Å². The first kappa shape index (κ1) is 21.5. The summed E-state index contributed by atoms with van der Waals surface area (Å²) in [7, 11) is 0. The zero-order valence-electron chi connectivity index (χ0n) is 15.6. The maximum Gasteiger partial charge on any atom is 0.317 e. The Morgan fingerprint density at radius 3 is 2.43 bits per heavy atom. The number of halogens is 1. The number of rotatable bonds is 7. The van der Waals surface area contributed by atoms with Crippen molar-refractivity contribution in [2.75, 3.05) is 13.2 Å². The molecule has 4 atom stereocenters. The summed E-state index contributed by atoms with van der Waals surface area (Å²) in [5.74, 6) is -6.70. The SMILES string of the molecule is C=CCOC(=O)C1C(=O)CC(C)(O)C(C(=O)OCC=C)C1c1cccc(F)c1. The number of carbonyl (C=O) groups excluding carboxylic acids is 3. The van der Waals surface area contributed by atoms with E-state index in [1.165, 1.54) is 37.3 Å². The Hall–Kier alpha value is -2.80. The molecule has 4 unspecified atom stereocenters. The zero-order chi connectivity index (χ0) is 20.9. The first-order valence-corrected chi connectivity index (χ1v) is 8.78. The molecule has 1 aliphatic carbocycles. The zero-order valence-corrected chi connectivity index (χ0v) is 15.6. The molecule has 1 saturated carbocycles. The van der Waals surface area contributed by atoms with Crippen molar-refractivity contribution in [3.8, 4) is 0 Å². The van der Waals surface area contributed by atoms with Gasteiger partial charge < -0.3 is 14.6 Å². The molecule has 1 aromatic carbocycles. The smallest absolute Gasteiger partial charge is 0.317 e. The number of hydrogen-bond donors (Lipinski definition) is 1. The van der Waals surface area contributed by atoms with Crippen molar-refractivity contribution in [1.82, 2.24) is 0 Å². The molecule has 0 spiro atoms. The highest BCUT2D eigenvalue weighted by molar-refractivity contribution is 6.02. The van der Waals surface area contributed by atoms with Gasteiger partial charge in [0.05, 0.1) is 11.5 Å². The van der Waals surface area contributed by atoms with Crippen LogP contribution >= 0.6 is 0 Å². The largest absolute Gasteiger partial charge is 0.461 e. The number of Topliss-reactive ketones (excluding diaryl/α,β-unsaturated/α-hetero) is 1. The topological polar surface area (TPSA) is 89.9 Å². The van der Waals surface area contributed by atoms with Crippen LogP contribution in [-0.4, -0.2) is 41.6 Å². The van der Waals surface area contributed by atoms with Crippen LogP contribution in [0, 0.1) is 17.7 Å². The van der Waals surface area contributed by atoms with E-state index < -0.39 is 53.3 Å². The van der Waals surface area contributed by atoms with Gasteiger partial charge in [-0.25, -0.2) is 4.39 Å². The lowest BCUT2D eigenvalue weighted by Gasteiger charge is -2.43. The van der Waals surface area contributed by atoms with Crippen LogP contribution in [0.2, 0.25) is 0 Å². The fourth-order valence-corrected chi connectivity index (χ4v) is 3.59. The van der Waals surface area contributed by atoms with Gasteiger partial charge >= 0.3 is 11.9 Å². The molecule has 1 N–H and O–H groups in total. The lowest BCUT2D eigenvalue weighted by Crippen LogP contribution is -2.55. The first-order valence-electron chi connectivity index (χ1n) is 8.78. The first-order chi connectivity index (χ1) is 13.2. The van der Waals surface area contributed by atoms with Crippen LogP contribution in [0.5, 0.6) is 0 Å². The van der Waals surface area contributed by atoms with Crippen molar-refractivity contribution in [2.24, 2.45) is 11.8 Å². The Bertz CT molecular complexity index is 785. The molecule has 0 heterocycles. The molecule has 7 heteroatoms. The molecule has 1 fully saturated rings. The van der Waals surface area contributed by atoms with Gasteiger partial charge in [0.1, 0.15) is 24.9 Å². The third-order valence-corrected chi connectivity index (χ3v) is 4.70. The summed E-state index contributed by atoms with van der Waals surface area (Å²) in [6.45, 7) is 8.00. The van der Waals surface area contributed by atoms with Gasteiger partial charge in [0.25, 0.3) is 0 Å². The summed E-state index contributed by atoms with van der Waals surface area (Å²) in [6, 6.07) is 5.21. The van der Waals surface area contributed by atoms with E-state index in [0.29, 0.717) is 0 Å². The molecule has 0 aromatic heterocycles. The average molecular weight is 390 g/mol. The summed E-state index contributed by atoms with van der Waals surface area (Å²) >= 11 is 0. The monoisotopic (exact) mass is 390 g/mol. The fourth-order valence-electron chi connectivity index (χ4n) is 3.59. The third kappa shape index (κ3) is 4.54. The molecule has 0 aliphatic heterocycles. The van der Waals surface area contributed by atoms with Crippen LogP contribution in [0.1, 0.15) is 24.8 Å². The van der Waals surface area contributed by atoms with E-state index in [1.54, 1.807) is 0 Å². The standard InChI is InChI=1S/C21H23FO6/c1-4-9-27-19(24)17-15(23)12-21(3,26)18(20(25)28-10-5-2)16(17)13-7-6-8-14(22)11-13/h4-8,11,16-18,26H,1-2,9-10,12H2,3H3. The second kappa shape index (κ2) is 8.93. The molecule has 0 amide bonds. The highest BCUT2D eigenvalue weighted by Crippen LogP contribution is 2.46. The van der Waals surface area contributed by atoms with Crippen molar-refractivity contribution < 1.29 is 33.4 Å². The molecule has 0 bridgehead atoms. The highest BCUT2D eigenvalue weighted by Gasteiger charge is 2.57. The molecule has 28 heavy (non-hydrogen) atoms. The molecule has 6 nitrogen and oxygen atoms in total. The summed E-state index contributed by atoms with van der Waals surface area (Å²) < 4.78 is 24.0. The Labute approximate surface area is 162 Å². The van der Waals surface area contributed by atoms with Crippen LogP contribution in [-0.2, 0) is 23.9 Å². The van der Waals surface area contributed by atoms with E-state index in [0.717, 1.165) is 6.07 Å². The van der Waals surface area contributed by atoms with E-state index in [4.69, 9.17) is 9.47 Å². The minimum atomic E-state index is -1.79.